The topological polar surface area (TPSA) is 95.1 Å². The molecule has 0 aliphatic carbocycles. The molecule has 2 amide bonds. The summed E-state index contributed by atoms with van der Waals surface area (Å²) >= 11 is 0. The predicted octanol–water partition coefficient (Wildman–Crippen LogP) is 0.0513. The second-order valence-electron chi connectivity index (χ2n) is 7.80. The van der Waals surface area contributed by atoms with E-state index >= 15 is 0 Å². The molecule has 148 valence electrons. The Labute approximate surface area is 160 Å². The lowest BCUT2D eigenvalue weighted by Crippen LogP contribution is -3.14. The number of benzene rings is 1. The molecule has 7 heteroatoms. The number of nitrogens with one attached hydrogen (secondary N) is 2. The van der Waals surface area contributed by atoms with E-state index in [2.05, 4.69) is 19.2 Å². The van der Waals surface area contributed by atoms with Gasteiger partial charge in [-0.15, -0.1) is 0 Å². The summed E-state index contributed by atoms with van der Waals surface area (Å²) in [5.41, 5.74) is 6.40. The maximum absolute atomic E-state index is 12.6. The molecule has 0 unspecified atom stereocenters. The number of likely N-dealkylation sites (tertiary alicyclic amines) is 1. The lowest BCUT2D eigenvalue weighted by Gasteiger charge is -2.29. The molecule has 1 aromatic carbocycles. The molecule has 0 bridgehead atoms. The van der Waals surface area contributed by atoms with Crippen LogP contribution in [0.4, 0.5) is 0 Å². The second-order valence-corrected chi connectivity index (χ2v) is 7.80. The van der Waals surface area contributed by atoms with Gasteiger partial charge in [0, 0.05) is 18.8 Å². The van der Waals surface area contributed by atoms with Crippen molar-refractivity contribution in [1.82, 2.24) is 5.32 Å². The molecule has 1 aromatic rings. The molecule has 2 aliphatic heterocycles. The van der Waals surface area contributed by atoms with Crippen LogP contribution in [0.1, 0.15) is 38.3 Å². The maximum atomic E-state index is 12.6. The quantitative estimate of drug-likeness (QED) is 0.654. The zero-order chi connectivity index (χ0) is 19.4. The van der Waals surface area contributed by atoms with Crippen molar-refractivity contribution in [3.8, 4) is 11.5 Å². The van der Waals surface area contributed by atoms with Gasteiger partial charge in [0.05, 0.1) is 19.1 Å². The first-order valence-electron chi connectivity index (χ1n) is 9.76. The minimum absolute atomic E-state index is 0.0242. The smallest absolute Gasteiger partial charge is 0.275 e. The van der Waals surface area contributed by atoms with Crippen LogP contribution < -0.4 is 25.4 Å². The van der Waals surface area contributed by atoms with E-state index in [1.165, 1.54) is 4.90 Å². The lowest BCUT2D eigenvalue weighted by atomic mass is 9.95. The van der Waals surface area contributed by atoms with Crippen LogP contribution in [-0.2, 0) is 9.59 Å². The highest BCUT2D eigenvalue weighted by Crippen LogP contribution is 2.34. The summed E-state index contributed by atoms with van der Waals surface area (Å²) in [5, 5.41) is 3.17. The first-order chi connectivity index (χ1) is 12.9. The fraction of sp³-hybridized carbons (Fsp3) is 0.600. The Morgan fingerprint density at radius 3 is 2.48 bits per heavy atom. The summed E-state index contributed by atoms with van der Waals surface area (Å²) in [4.78, 5) is 25.1. The average molecular weight is 376 g/mol. The molecule has 0 spiro atoms. The minimum Gasteiger partial charge on any atom is -0.486 e. The van der Waals surface area contributed by atoms with Crippen molar-refractivity contribution in [2.24, 2.45) is 17.6 Å². The Kier molecular flexibility index (Phi) is 6.21. The fourth-order valence-electron chi connectivity index (χ4n) is 3.83. The number of rotatable bonds is 6. The molecule has 7 nitrogen and oxygen atoms in total. The van der Waals surface area contributed by atoms with Crippen molar-refractivity contribution in [3.63, 3.8) is 0 Å². The van der Waals surface area contributed by atoms with Crippen LogP contribution >= 0.6 is 0 Å². The van der Waals surface area contributed by atoms with E-state index in [4.69, 9.17) is 15.2 Å². The standard InChI is InChI=1S/C20H29N3O4/c1-13(2)19(15-3-4-16-17(11-15)27-10-9-26-16)22-18(24)12-23-7-5-14(6-8-23)20(21)25/h3-4,11,13-14,19H,5-10,12H2,1-2H3,(H2,21,25)(H,22,24)/p+1/t19-/m1/s1. The minimum atomic E-state index is -0.225. The van der Waals surface area contributed by atoms with Gasteiger partial charge < -0.3 is 25.4 Å². The summed E-state index contributed by atoms with van der Waals surface area (Å²) in [5.74, 6) is 1.48. The highest BCUT2D eigenvalue weighted by molar-refractivity contribution is 5.78. The van der Waals surface area contributed by atoms with Gasteiger partial charge in [-0.25, -0.2) is 0 Å². The number of carbonyl (C=O) groups is 2. The number of quaternary nitrogens is 1. The van der Waals surface area contributed by atoms with Gasteiger partial charge in [-0.1, -0.05) is 19.9 Å². The third-order valence-corrected chi connectivity index (χ3v) is 5.41. The molecule has 27 heavy (non-hydrogen) atoms. The summed E-state index contributed by atoms with van der Waals surface area (Å²) in [6.45, 7) is 7.31. The van der Waals surface area contributed by atoms with Crippen molar-refractivity contribution in [2.45, 2.75) is 32.7 Å². The molecule has 4 N–H and O–H groups in total. The van der Waals surface area contributed by atoms with E-state index in [-0.39, 0.29) is 29.7 Å². The largest absolute Gasteiger partial charge is 0.486 e. The van der Waals surface area contributed by atoms with Gasteiger partial charge in [0.25, 0.3) is 5.91 Å². The van der Waals surface area contributed by atoms with Crippen LogP contribution in [0.3, 0.4) is 0 Å². The first kappa shape index (κ1) is 19.5. The molecule has 0 radical (unpaired) electrons. The Balaban J connectivity index is 1.60. The van der Waals surface area contributed by atoms with Gasteiger partial charge in [0.15, 0.2) is 18.0 Å². The van der Waals surface area contributed by atoms with E-state index in [1.807, 2.05) is 18.2 Å². The number of amides is 2. The van der Waals surface area contributed by atoms with E-state index in [1.54, 1.807) is 0 Å². The third kappa shape index (κ3) is 4.91. The van der Waals surface area contributed by atoms with Crippen LogP contribution in [0.15, 0.2) is 18.2 Å². The third-order valence-electron chi connectivity index (χ3n) is 5.41. The Morgan fingerprint density at radius 2 is 1.85 bits per heavy atom. The van der Waals surface area contributed by atoms with Crippen LogP contribution in [0, 0.1) is 11.8 Å². The zero-order valence-corrected chi connectivity index (χ0v) is 16.1. The second kappa shape index (κ2) is 8.61. The normalized spacial score (nSPS) is 22.9. The molecule has 1 saturated heterocycles. The van der Waals surface area contributed by atoms with Crippen LogP contribution in [0.2, 0.25) is 0 Å². The number of fused-ring (bicyclic) bond motifs is 1. The van der Waals surface area contributed by atoms with Crippen molar-refractivity contribution in [3.05, 3.63) is 23.8 Å². The lowest BCUT2D eigenvalue weighted by molar-refractivity contribution is -0.897. The zero-order valence-electron chi connectivity index (χ0n) is 16.1. The highest BCUT2D eigenvalue weighted by atomic mass is 16.6. The first-order valence-corrected chi connectivity index (χ1v) is 9.76. The van der Waals surface area contributed by atoms with Gasteiger partial charge in [-0.3, -0.25) is 9.59 Å². The summed E-state index contributed by atoms with van der Waals surface area (Å²) in [7, 11) is 0. The van der Waals surface area contributed by atoms with Gasteiger partial charge in [0.1, 0.15) is 13.2 Å². The highest BCUT2D eigenvalue weighted by Gasteiger charge is 2.28. The van der Waals surface area contributed by atoms with Gasteiger partial charge in [-0.05, 0) is 23.6 Å². The Morgan fingerprint density at radius 1 is 1.19 bits per heavy atom. The summed E-state index contributed by atoms with van der Waals surface area (Å²) in [6, 6.07) is 5.77. The van der Waals surface area contributed by atoms with E-state index in [9.17, 15) is 9.59 Å². The Hall–Kier alpha value is -2.28. The summed E-state index contributed by atoms with van der Waals surface area (Å²) < 4.78 is 11.2. The average Bonchev–Trinajstić information content (AvgIpc) is 2.66. The molecule has 3 rings (SSSR count). The van der Waals surface area contributed by atoms with Gasteiger partial charge in [0.2, 0.25) is 5.91 Å². The van der Waals surface area contributed by atoms with Crippen molar-refractivity contribution < 1.29 is 24.0 Å². The van der Waals surface area contributed by atoms with E-state index < -0.39 is 0 Å². The van der Waals surface area contributed by atoms with Crippen molar-refractivity contribution in [1.29, 1.82) is 0 Å². The molecule has 1 atom stereocenters. The number of carbonyl (C=O) groups excluding carboxylic acids is 2. The number of nitrogens with two attached hydrogens (primary N) is 1. The SMILES string of the molecule is CC(C)[C@@H](NC(=O)C[NH+]1CCC(C(N)=O)CC1)c1ccc2c(c1)OCCO2. The van der Waals surface area contributed by atoms with Gasteiger partial charge in [-0.2, -0.15) is 0 Å². The summed E-state index contributed by atoms with van der Waals surface area (Å²) in [6.07, 6.45) is 1.52. The molecular formula is C20H30N3O4+. The van der Waals surface area contributed by atoms with E-state index in [0.717, 1.165) is 43.0 Å². The van der Waals surface area contributed by atoms with Crippen molar-refractivity contribution in [2.75, 3.05) is 32.8 Å². The van der Waals surface area contributed by atoms with Gasteiger partial charge >= 0.3 is 0 Å². The predicted molar refractivity (Wildman–Crippen MR) is 101 cm³/mol. The molecule has 2 aliphatic rings. The number of hydrogen-bond donors (Lipinski definition) is 3. The number of hydrogen-bond acceptors (Lipinski definition) is 4. The maximum Gasteiger partial charge on any atom is 0.275 e. The Bertz CT molecular complexity index is 684. The molecule has 0 aromatic heterocycles. The molecule has 0 saturated carbocycles. The van der Waals surface area contributed by atoms with Crippen molar-refractivity contribution >= 4 is 11.8 Å². The number of primary amides is 1. The molecular weight excluding hydrogens is 346 g/mol. The van der Waals surface area contributed by atoms with E-state index in [0.29, 0.717) is 19.8 Å². The van der Waals surface area contributed by atoms with Crippen LogP contribution in [0.5, 0.6) is 11.5 Å². The monoisotopic (exact) mass is 376 g/mol. The number of piperidine rings is 1. The number of ether oxygens (including phenoxy) is 2. The van der Waals surface area contributed by atoms with Crippen LogP contribution in [-0.4, -0.2) is 44.7 Å². The fourth-order valence-corrected chi connectivity index (χ4v) is 3.83. The van der Waals surface area contributed by atoms with Crippen LogP contribution in [0.25, 0.3) is 0 Å². The molecule has 1 fully saturated rings. The molecule has 2 heterocycles.